The largest absolute Gasteiger partial charge is 0.455 e. The van der Waals surface area contributed by atoms with Gasteiger partial charge in [0.1, 0.15) is 11.3 Å². The van der Waals surface area contributed by atoms with Crippen molar-refractivity contribution in [2.45, 2.75) is 0 Å². The van der Waals surface area contributed by atoms with E-state index >= 15 is 0 Å². The van der Waals surface area contributed by atoms with E-state index in [2.05, 4.69) is 15.3 Å². The topological polar surface area (TPSA) is 117 Å². The average Bonchev–Trinajstić information content (AvgIpc) is 3.27. The number of ether oxygens (including phenoxy) is 1. The molecule has 0 aliphatic carbocycles. The van der Waals surface area contributed by atoms with E-state index in [9.17, 15) is 9.59 Å². The molecule has 2 heterocycles. The molecule has 9 nitrogen and oxygen atoms in total. The molecule has 6 aromatic rings. The Balaban J connectivity index is 1.44. The molecule has 2 aromatic heterocycles. The molecule has 41 heavy (non-hydrogen) atoms. The summed E-state index contributed by atoms with van der Waals surface area (Å²) in [6.07, 6.45) is 1.72. The highest BCUT2D eigenvalue weighted by molar-refractivity contribution is 6.12. The van der Waals surface area contributed by atoms with Crippen molar-refractivity contribution in [2.24, 2.45) is 7.05 Å². The van der Waals surface area contributed by atoms with Crippen LogP contribution in [0.1, 0.15) is 15.9 Å². The molecular weight excluding hydrogens is 516 g/mol. The third-order valence-corrected chi connectivity index (χ3v) is 6.82. The normalized spacial score (nSPS) is 11.0. The predicted molar refractivity (Wildman–Crippen MR) is 160 cm³/mol. The maximum atomic E-state index is 14.1. The van der Waals surface area contributed by atoms with E-state index < -0.39 is 11.3 Å². The van der Waals surface area contributed by atoms with E-state index in [0.717, 1.165) is 10.9 Å². The van der Waals surface area contributed by atoms with Crippen LogP contribution in [-0.4, -0.2) is 32.2 Å². The molecule has 0 saturated carbocycles. The molecule has 0 aliphatic heterocycles. The summed E-state index contributed by atoms with van der Waals surface area (Å²) in [6.45, 7) is 0. The van der Waals surface area contributed by atoms with E-state index in [-0.39, 0.29) is 11.1 Å². The van der Waals surface area contributed by atoms with Crippen molar-refractivity contribution >= 4 is 28.3 Å². The first-order chi connectivity index (χ1) is 19.9. The number of aromatic nitrogens is 4. The van der Waals surface area contributed by atoms with Crippen LogP contribution in [0, 0.1) is 0 Å². The van der Waals surface area contributed by atoms with E-state index in [0.29, 0.717) is 40.0 Å². The van der Waals surface area contributed by atoms with Gasteiger partial charge in [0.2, 0.25) is 11.7 Å². The van der Waals surface area contributed by atoms with Crippen molar-refractivity contribution in [1.82, 2.24) is 19.3 Å². The molecule has 0 unspecified atom stereocenters. The second-order valence-corrected chi connectivity index (χ2v) is 9.41. The Morgan fingerprint density at radius 3 is 2.39 bits per heavy atom. The maximum Gasteiger partial charge on any atom is 0.283 e. The van der Waals surface area contributed by atoms with Crippen LogP contribution in [0.4, 0.5) is 11.6 Å². The van der Waals surface area contributed by atoms with Crippen molar-refractivity contribution in [3.05, 3.63) is 125 Å². The first-order valence-corrected chi connectivity index (χ1v) is 12.9. The summed E-state index contributed by atoms with van der Waals surface area (Å²) < 4.78 is 9.33. The van der Waals surface area contributed by atoms with Crippen LogP contribution in [0.5, 0.6) is 11.5 Å². The zero-order valence-electron chi connectivity index (χ0n) is 22.4. The van der Waals surface area contributed by atoms with E-state index in [1.807, 2.05) is 66.7 Å². The van der Waals surface area contributed by atoms with Gasteiger partial charge in [0.15, 0.2) is 5.75 Å². The van der Waals surface area contributed by atoms with Crippen molar-refractivity contribution in [3.8, 4) is 28.4 Å². The number of nitrogen functional groups attached to an aromatic ring is 1. The van der Waals surface area contributed by atoms with Gasteiger partial charge in [0, 0.05) is 42.9 Å². The molecule has 202 valence electrons. The molecule has 0 saturated heterocycles. The van der Waals surface area contributed by atoms with Crippen molar-refractivity contribution in [2.75, 3.05) is 18.1 Å². The Kier molecular flexibility index (Phi) is 6.52. The molecule has 3 N–H and O–H groups in total. The highest BCUT2D eigenvalue weighted by atomic mass is 16.5. The number of rotatable bonds is 7. The molecule has 0 radical (unpaired) electrons. The summed E-state index contributed by atoms with van der Waals surface area (Å²) in [6, 6.07) is 28.8. The van der Waals surface area contributed by atoms with Gasteiger partial charge in [-0.05, 0) is 42.5 Å². The summed E-state index contributed by atoms with van der Waals surface area (Å²) in [5.41, 5.74) is 9.10. The van der Waals surface area contributed by atoms with Crippen LogP contribution >= 0.6 is 0 Å². The quantitative estimate of drug-likeness (QED) is 0.204. The van der Waals surface area contributed by atoms with Gasteiger partial charge in [0.25, 0.3) is 5.56 Å². The molecule has 0 amide bonds. The van der Waals surface area contributed by atoms with Crippen molar-refractivity contribution in [3.63, 3.8) is 0 Å². The van der Waals surface area contributed by atoms with Gasteiger partial charge in [-0.15, -0.1) is 0 Å². The number of carbonyl (C=O) groups is 1. The van der Waals surface area contributed by atoms with Crippen molar-refractivity contribution in [1.29, 1.82) is 0 Å². The summed E-state index contributed by atoms with van der Waals surface area (Å²) in [4.78, 5) is 36.6. The second-order valence-electron chi connectivity index (χ2n) is 9.41. The van der Waals surface area contributed by atoms with E-state index in [4.69, 9.17) is 10.5 Å². The number of nitrogens with zero attached hydrogens (tertiary/aromatic N) is 4. The number of nitrogens with two attached hydrogens (primary N) is 1. The zero-order chi connectivity index (χ0) is 28.5. The number of para-hydroxylation sites is 1. The Morgan fingerprint density at radius 2 is 1.66 bits per heavy atom. The third kappa shape index (κ3) is 4.70. The standard InChI is InChI=1S/C32H26N6O3/c1-34-32-35-19-22-13-15-24(18-26(22)36-32)41-27-17-21(14-16-25(27)33)30(39)28-29(20-9-5-3-6-10-20)37(2)38(31(28)40)23-11-7-4-8-12-23/h3-19H,33H2,1-2H3,(H,34,35,36). The third-order valence-electron chi connectivity index (χ3n) is 6.82. The maximum absolute atomic E-state index is 14.1. The van der Waals surface area contributed by atoms with Crippen LogP contribution in [0.15, 0.2) is 108 Å². The van der Waals surface area contributed by atoms with Gasteiger partial charge in [-0.2, -0.15) is 0 Å². The lowest BCUT2D eigenvalue weighted by molar-refractivity contribution is 0.103. The lowest BCUT2D eigenvalue weighted by Gasteiger charge is -2.12. The fraction of sp³-hybridized carbons (Fsp3) is 0.0625. The summed E-state index contributed by atoms with van der Waals surface area (Å²) >= 11 is 0. The van der Waals surface area contributed by atoms with Crippen LogP contribution < -0.4 is 21.3 Å². The predicted octanol–water partition coefficient (Wildman–Crippen LogP) is 5.43. The molecule has 4 aromatic carbocycles. The SMILES string of the molecule is CNc1ncc2ccc(Oc3cc(C(=O)c4c(-c5ccccc5)n(C)n(-c5ccccc5)c4=O)ccc3N)cc2n1. The lowest BCUT2D eigenvalue weighted by Crippen LogP contribution is -2.23. The first kappa shape index (κ1) is 25.6. The Labute approximate surface area is 235 Å². The minimum Gasteiger partial charge on any atom is -0.455 e. The minimum atomic E-state index is -0.436. The molecule has 6 rings (SSSR count). The number of hydrogen-bond acceptors (Lipinski definition) is 7. The molecule has 0 bridgehead atoms. The molecule has 9 heteroatoms. The fourth-order valence-electron chi connectivity index (χ4n) is 4.82. The second kappa shape index (κ2) is 10.5. The molecule has 0 aliphatic rings. The van der Waals surface area contributed by atoms with Gasteiger partial charge >= 0.3 is 0 Å². The van der Waals surface area contributed by atoms with Crippen molar-refractivity contribution < 1.29 is 9.53 Å². The van der Waals surface area contributed by atoms with Crippen LogP contribution in [0.3, 0.4) is 0 Å². The van der Waals surface area contributed by atoms with Crippen LogP contribution in [-0.2, 0) is 7.05 Å². The Bertz CT molecular complexity index is 1960. The monoisotopic (exact) mass is 542 g/mol. The highest BCUT2D eigenvalue weighted by Crippen LogP contribution is 2.32. The van der Waals surface area contributed by atoms with E-state index in [1.165, 1.54) is 4.68 Å². The zero-order valence-corrected chi connectivity index (χ0v) is 22.4. The fourth-order valence-corrected chi connectivity index (χ4v) is 4.82. The Hall–Kier alpha value is -5.70. The van der Waals surface area contributed by atoms with Crippen LogP contribution in [0.2, 0.25) is 0 Å². The van der Waals surface area contributed by atoms with Gasteiger partial charge in [0.05, 0.1) is 22.6 Å². The summed E-state index contributed by atoms with van der Waals surface area (Å²) in [7, 11) is 3.52. The number of anilines is 2. The summed E-state index contributed by atoms with van der Waals surface area (Å²) in [5, 5.41) is 3.77. The van der Waals surface area contributed by atoms with Gasteiger partial charge in [-0.1, -0.05) is 48.5 Å². The van der Waals surface area contributed by atoms with E-state index in [1.54, 1.807) is 55.3 Å². The smallest absolute Gasteiger partial charge is 0.283 e. The van der Waals surface area contributed by atoms with Gasteiger partial charge in [-0.3, -0.25) is 14.3 Å². The number of carbonyl (C=O) groups excluding carboxylic acids is 1. The molecule has 0 fully saturated rings. The molecule has 0 spiro atoms. The number of benzene rings is 4. The summed E-state index contributed by atoms with van der Waals surface area (Å²) in [5.74, 6) is 0.832. The Morgan fingerprint density at radius 1 is 0.927 bits per heavy atom. The first-order valence-electron chi connectivity index (χ1n) is 12.9. The number of nitrogens with one attached hydrogen (secondary N) is 1. The molecular formula is C32H26N6O3. The highest BCUT2D eigenvalue weighted by Gasteiger charge is 2.27. The van der Waals surface area contributed by atoms with Gasteiger partial charge in [-0.25, -0.2) is 14.6 Å². The van der Waals surface area contributed by atoms with Gasteiger partial charge < -0.3 is 15.8 Å². The lowest BCUT2D eigenvalue weighted by atomic mass is 9.99. The van der Waals surface area contributed by atoms with Crippen LogP contribution in [0.25, 0.3) is 27.8 Å². The molecule has 0 atom stereocenters. The number of fused-ring (bicyclic) bond motifs is 1. The number of ketones is 1. The number of hydrogen-bond donors (Lipinski definition) is 2. The minimum absolute atomic E-state index is 0.0558. The average molecular weight is 543 g/mol.